The Kier molecular flexibility index (Phi) is 4.63. The summed E-state index contributed by atoms with van der Waals surface area (Å²) in [5, 5.41) is 6.76. The van der Waals surface area contributed by atoms with Gasteiger partial charge in [-0.1, -0.05) is 12.1 Å². The topological polar surface area (TPSA) is 84.1 Å². The lowest BCUT2D eigenvalue weighted by Gasteiger charge is -2.06. The average molecular weight is 339 g/mol. The summed E-state index contributed by atoms with van der Waals surface area (Å²) in [5.41, 5.74) is 1.41. The summed E-state index contributed by atoms with van der Waals surface area (Å²) >= 11 is 0. The molecule has 124 valence electrons. The predicted octanol–water partition coefficient (Wildman–Crippen LogP) is 2.38. The molecular weight excluding hydrogens is 321 g/mol. The molecule has 23 heavy (non-hydrogen) atoms. The van der Waals surface area contributed by atoms with Gasteiger partial charge in [-0.15, -0.1) is 0 Å². The van der Waals surface area contributed by atoms with Crippen LogP contribution in [0.5, 0.6) is 0 Å². The van der Waals surface area contributed by atoms with E-state index in [1.807, 2.05) is 0 Å². The van der Waals surface area contributed by atoms with Gasteiger partial charge in [-0.05, 0) is 37.0 Å². The molecule has 1 unspecified atom stereocenters. The van der Waals surface area contributed by atoms with Crippen LogP contribution in [0.4, 0.5) is 10.2 Å². The normalized spacial score (nSPS) is 18.2. The van der Waals surface area contributed by atoms with Crippen molar-refractivity contribution in [3.63, 3.8) is 0 Å². The summed E-state index contributed by atoms with van der Waals surface area (Å²) in [5.74, 6) is -0.269. The van der Waals surface area contributed by atoms with Crippen LogP contribution < -0.4 is 4.72 Å². The standard InChI is InChI=1S/C15H18FN3O3S/c16-12-4-1-3-11(9-12)6-8-23(20,21)19-15-10-13(17-18-15)14-5-2-7-22-14/h1,3-4,9-10,14H,2,5-8H2,(H2,17,18,19). The van der Waals surface area contributed by atoms with Crippen molar-refractivity contribution >= 4 is 15.8 Å². The molecule has 0 radical (unpaired) electrons. The molecule has 8 heteroatoms. The second-order valence-electron chi connectivity index (χ2n) is 5.51. The van der Waals surface area contributed by atoms with Gasteiger partial charge in [0.15, 0.2) is 5.82 Å². The van der Waals surface area contributed by atoms with Crippen LogP contribution in [0, 0.1) is 5.82 Å². The highest BCUT2D eigenvalue weighted by Gasteiger charge is 2.21. The van der Waals surface area contributed by atoms with Gasteiger partial charge in [0.2, 0.25) is 10.0 Å². The molecule has 0 spiro atoms. The molecule has 1 atom stereocenters. The Morgan fingerprint density at radius 1 is 1.39 bits per heavy atom. The fourth-order valence-corrected chi connectivity index (χ4v) is 3.56. The lowest BCUT2D eigenvalue weighted by molar-refractivity contribution is 0.108. The summed E-state index contributed by atoms with van der Waals surface area (Å²) in [6.45, 7) is 0.707. The molecule has 6 nitrogen and oxygen atoms in total. The van der Waals surface area contributed by atoms with E-state index in [1.165, 1.54) is 12.1 Å². The third-order valence-corrected chi connectivity index (χ3v) is 4.94. The van der Waals surface area contributed by atoms with Gasteiger partial charge in [-0.25, -0.2) is 12.8 Å². The number of nitrogens with zero attached hydrogens (tertiary/aromatic N) is 1. The van der Waals surface area contributed by atoms with Crippen LogP contribution in [0.25, 0.3) is 0 Å². The minimum atomic E-state index is -3.55. The number of H-pyrrole nitrogens is 1. The van der Waals surface area contributed by atoms with E-state index < -0.39 is 10.0 Å². The van der Waals surface area contributed by atoms with E-state index in [1.54, 1.807) is 18.2 Å². The maximum Gasteiger partial charge on any atom is 0.234 e. The third kappa shape index (κ3) is 4.29. The van der Waals surface area contributed by atoms with Gasteiger partial charge in [0.25, 0.3) is 0 Å². The summed E-state index contributed by atoms with van der Waals surface area (Å²) < 4.78 is 45.2. The first-order chi connectivity index (χ1) is 11.0. The van der Waals surface area contributed by atoms with Crippen molar-refractivity contribution in [2.24, 2.45) is 0 Å². The molecule has 1 aliphatic heterocycles. The highest BCUT2D eigenvalue weighted by Crippen LogP contribution is 2.28. The smallest absolute Gasteiger partial charge is 0.234 e. The second kappa shape index (κ2) is 6.67. The minimum absolute atomic E-state index is 0.0481. The van der Waals surface area contributed by atoms with Crippen LogP contribution in [0.3, 0.4) is 0 Å². The minimum Gasteiger partial charge on any atom is -0.372 e. The van der Waals surface area contributed by atoms with E-state index in [0.717, 1.165) is 18.5 Å². The number of sulfonamides is 1. The zero-order valence-corrected chi connectivity index (χ0v) is 13.3. The van der Waals surface area contributed by atoms with Crippen LogP contribution in [0.15, 0.2) is 30.3 Å². The molecule has 1 aromatic carbocycles. The third-order valence-electron chi connectivity index (χ3n) is 3.68. The second-order valence-corrected chi connectivity index (χ2v) is 7.35. The molecule has 2 aromatic rings. The van der Waals surface area contributed by atoms with Crippen molar-refractivity contribution in [3.05, 3.63) is 47.4 Å². The Morgan fingerprint density at radius 2 is 2.26 bits per heavy atom. The largest absolute Gasteiger partial charge is 0.372 e. The Morgan fingerprint density at radius 3 is 3.00 bits per heavy atom. The van der Waals surface area contributed by atoms with Gasteiger partial charge in [0, 0.05) is 12.7 Å². The molecule has 0 saturated carbocycles. The Hall–Kier alpha value is -1.93. The van der Waals surface area contributed by atoms with Crippen molar-refractivity contribution in [3.8, 4) is 0 Å². The number of aromatic amines is 1. The molecule has 0 bridgehead atoms. The number of nitrogens with one attached hydrogen (secondary N) is 2. The monoisotopic (exact) mass is 339 g/mol. The lowest BCUT2D eigenvalue weighted by Crippen LogP contribution is -2.18. The Bertz CT molecular complexity index is 770. The van der Waals surface area contributed by atoms with E-state index in [-0.39, 0.29) is 29.9 Å². The molecular formula is C15H18FN3O3S. The summed E-state index contributed by atoms with van der Waals surface area (Å²) in [6, 6.07) is 7.57. The van der Waals surface area contributed by atoms with E-state index in [0.29, 0.717) is 12.2 Å². The number of rotatable bonds is 6. The van der Waals surface area contributed by atoms with Crippen LogP contribution in [-0.4, -0.2) is 31.0 Å². The summed E-state index contributed by atoms with van der Waals surface area (Å²) in [4.78, 5) is 0. The zero-order valence-electron chi connectivity index (χ0n) is 12.5. The van der Waals surface area contributed by atoms with E-state index in [9.17, 15) is 12.8 Å². The van der Waals surface area contributed by atoms with Crippen LogP contribution in [0.1, 0.15) is 30.2 Å². The number of halogens is 1. The van der Waals surface area contributed by atoms with Gasteiger partial charge in [0.1, 0.15) is 5.82 Å². The Labute approximate surface area is 134 Å². The number of aromatic nitrogens is 2. The number of ether oxygens (including phenoxy) is 1. The van der Waals surface area contributed by atoms with E-state index in [2.05, 4.69) is 14.9 Å². The van der Waals surface area contributed by atoms with Gasteiger partial charge < -0.3 is 4.74 Å². The summed E-state index contributed by atoms with van der Waals surface area (Å²) in [7, 11) is -3.55. The van der Waals surface area contributed by atoms with Crippen LogP contribution in [0.2, 0.25) is 0 Å². The van der Waals surface area contributed by atoms with Gasteiger partial charge >= 0.3 is 0 Å². The van der Waals surface area contributed by atoms with Crippen molar-refractivity contribution in [2.75, 3.05) is 17.1 Å². The number of aryl methyl sites for hydroxylation is 1. The van der Waals surface area contributed by atoms with Crippen molar-refractivity contribution in [1.82, 2.24) is 10.2 Å². The molecule has 0 amide bonds. The molecule has 1 aliphatic rings. The highest BCUT2D eigenvalue weighted by molar-refractivity contribution is 7.92. The zero-order chi connectivity index (χ0) is 16.3. The lowest BCUT2D eigenvalue weighted by atomic mass is 10.2. The van der Waals surface area contributed by atoms with Gasteiger partial charge in [0.05, 0.1) is 17.6 Å². The SMILES string of the molecule is O=S(=O)(CCc1cccc(F)c1)Nc1cc(C2CCCO2)[nH]n1. The average Bonchev–Trinajstić information content (AvgIpc) is 3.16. The molecule has 0 aliphatic carbocycles. The summed E-state index contributed by atoms with van der Waals surface area (Å²) in [6.07, 6.45) is 2.07. The Balaban J connectivity index is 1.59. The van der Waals surface area contributed by atoms with Crippen molar-refractivity contribution < 1.29 is 17.5 Å². The van der Waals surface area contributed by atoms with Gasteiger partial charge in [-0.3, -0.25) is 9.82 Å². The predicted molar refractivity (Wildman–Crippen MR) is 84.0 cm³/mol. The van der Waals surface area contributed by atoms with Crippen molar-refractivity contribution in [2.45, 2.75) is 25.4 Å². The first kappa shape index (κ1) is 15.9. The fraction of sp³-hybridized carbons (Fsp3) is 0.400. The molecule has 2 heterocycles. The van der Waals surface area contributed by atoms with Crippen molar-refractivity contribution in [1.29, 1.82) is 0 Å². The maximum atomic E-state index is 13.1. The molecule has 2 N–H and O–H groups in total. The van der Waals surface area contributed by atoms with Crippen LogP contribution in [-0.2, 0) is 21.2 Å². The van der Waals surface area contributed by atoms with E-state index >= 15 is 0 Å². The first-order valence-electron chi connectivity index (χ1n) is 7.44. The highest BCUT2D eigenvalue weighted by atomic mass is 32.2. The fourth-order valence-electron chi connectivity index (χ4n) is 2.53. The number of anilines is 1. The maximum absolute atomic E-state index is 13.1. The molecule has 1 saturated heterocycles. The van der Waals surface area contributed by atoms with Crippen LogP contribution >= 0.6 is 0 Å². The van der Waals surface area contributed by atoms with Gasteiger partial charge in [-0.2, -0.15) is 5.10 Å². The number of benzene rings is 1. The number of hydrogen-bond acceptors (Lipinski definition) is 4. The number of hydrogen-bond donors (Lipinski definition) is 2. The molecule has 1 aromatic heterocycles. The first-order valence-corrected chi connectivity index (χ1v) is 9.09. The van der Waals surface area contributed by atoms with E-state index in [4.69, 9.17) is 4.74 Å². The molecule has 1 fully saturated rings. The quantitative estimate of drug-likeness (QED) is 0.846. The molecule has 3 rings (SSSR count).